The number of benzene rings is 1. The topological polar surface area (TPSA) is 83.8 Å². The summed E-state index contributed by atoms with van der Waals surface area (Å²) in [6.45, 7) is 16.4. The summed E-state index contributed by atoms with van der Waals surface area (Å²) >= 11 is 0. The van der Waals surface area contributed by atoms with E-state index in [1.807, 2.05) is 30.3 Å². The largest absolute Gasteiger partial charge is 0.481 e. The number of carbonyl (C=O) groups excluding carboxylic acids is 1. The van der Waals surface area contributed by atoms with E-state index in [4.69, 9.17) is 4.74 Å². The number of allylic oxidation sites excluding steroid dienone is 2. The molecule has 0 radical (unpaired) electrons. The average molecular weight is 603 g/mol. The maximum Gasteiger partial charge on any atom is 0.331 e. The molecule has 0 aliphatic heterocycles. The van der Waals surface area contributed by atoms with Gasteiger partial charge in [0.2, 0.25) is 0 Å². The first-order valence-electron chi connectivity index (χ1n) is 17.2. The predicted octanol–water partition coefficient (Wildman–Crippen LogP) is 8.32. The lowest BCUT2D eigenvalue weighted by Gasteiger charge is -2.71. The van der Waals surface area contributed by atoms with Crippen LogP contribution in [0.25, 0.3) is 6.08 Å². The lowest BCUT2D eigenvalue weighted by molar-refractivity contribution is -0.238. The highest BCUT2D eigenvalue weighted by Crippen LogP contribution is 2.75. The SMILES string of the molecule is C[C@H]1[C@H](C)CC[C@]2(C(=O)O)CC[C@]3(C)C(=CC[C@@H]4[C@@]5(C)C[C@@H](O)[C@H](OC(=O)C=Cc6ccccc6)C(C)(C)[C@@H]5CC[C@]43C)[C@H]12. The van der Waals surface area contributed by atoms with E-state index in [1.165, 1.54) is 11.6 Å². The average Bonchev–Trinajstić information content (AvgIpc) is 2.96. The molecule has 5 aliphatic carbocycles. The third-order valence-electron chi connectivity index (χ3n) is 14.8. The van der Waals surface area contributed by atoms with Crippen LogP contribution in [0.3, 0.4) is 0 Å². The molecule has 5 aliphatic rings. The zero-order valence-electron chi connectivity index (χ0n) is 27.9. The number of fused-ring (bicyclic) bond motifs is 7. The van der Waals surface area contributed by atoms with Crippen molar-refractivity contribution in [2.75, 3.05) is 0 Å². The zero-order chi connectivity index (χ0) is 31.9. The van der Waals surface area contributed by atoms with Gasteiger partial charge in [0.05, 0.1) is 11.5 Å². The quantitative estimate of drug-likeness (QED) is 0.206. The molecule has 1 aromatic rings. The van der Waals surface area contributed by atoms with Crippen LogP contribution in [0.15, 0.2) is 48.1 Å². The highest BCUT2D eigenvalue weighted by molar-refractivity contribution is 5.87. The summed E-state index contributed by atoms with van der Waals surface area (Å²) in [5.74, 6) is 0.606. The Labute approximate surface area is 264 Å². The number of carboxylic acids is 1. The third kappa shape index (κ3) is 4.34. The summed E-state index contributed by atoms with van der Waals surface area (Å²) in [4.78, 5) is 26.0. The molecular weight excluding hydrogens is 548 g/mol. The smallest absolute Gasteiger partial charge is 0.331 e. The molecule has 0 unspecified atom stereocenters. The van der Waals surface area contributed by atoms with Crippen molar-refractivity contribution in [1.82, 2.24) is 0 Å². The second-order valence-electron chi connectivity index (χ2n) is 16.8. The van der Waals surface area contributed by atoms with E-state index >= 15 is 0 Å². The Bertz CT molecular complexity index is 1360. The van der Waals surface area contributed by atoms with E-state index in [9.17, 15) is 19.8 Å². The molecular formula is C39H54O5. The highest BCUT2D eigenvalue weighted by atomic mass is 16.6. The number of rotatable bonds is 4. The minimum absolute atomic E-state index is 0.00510. The van der Waals surface area contributed by atoms with E-state index in [1.54, 1.807) is 6.08 Å². The van der Waals surface area contributed by atoms with Crippen molar-refractivity contribution in [3.8, 4) is 0 Å². The number of carboxylic acid groups (broad SMARTS) is 1. The Morgan fingerprint density at radius 3 is 2.32 bits per heavy atom. The van der Waals surface area contributed by atoms with Crippen LogP contribution in [0, 0.1) is 56.7 Å². The monoisotopic (exact) mass is 602 g/mol. The maximum atomic E-state index is 13.0. The number of aliphatic carboxylic acids is 1. The molecule has 4 saturated carbocycles. The van der Waals surface area contributed by atoms with E-state index < -0.39 is 35.0 Å². The van der Waals surface area contributed by atoms with Gasteiger partial charge in [-0.2, -0.15) is 0 Å². The maximum absolute atomic E-state index is 13.0. The molecule has 4 fully saturated rings. The second kappa shape index (κ2) is 10.6. The Hall–Kier alpha value is -2.40. The molecule has 2 N–H and O–H groups in total. The van der Waals surface area contributed by atoms with Crippen molar-refractivity contribution in [2.45, 2.75) is 112 Å². The number of hydrogen-bond donors (Lipinski definition) is 2. The van der Waals surface area contributed by atoms with Crippen molar-refractivity contribution in [3.63, 3.8) is 0 Å². The summed E-state index contributed by atoms with van der Waals surface area (Å²) < 4.78 is 6.07. The van der Waals surface area contributed by atoms with Gasteiger partial charge < -0.3 is 14.9 Å². The van der Waals surface area contributed by atoms with Crippen LogP contribution in [-0.2, 0) is 14.3 Å². The van der Waals surface area contributed by atoms with Crippen LogP contribution in [-0.4, -0.2) is 34.4 Å². The van der Waals surface area contributed by atoms with Crippen molar-refractivity contribution in [3.05, 3.63) is 53.6 Å². The molecule has 5 heteroatoms. The van der Waals surface area contributed by atoms with E-state index in [-0.39, 0.29) is 22.2 Å². The van der Waals surface area contributed by atoms with E-state index in [0.717, 1.165) is 50.5 Å². The summed E-state index contributed by atoms with van der Waals surface area (Å²) in [6, 6.07) is 9.71. The number of aliphatic hydroxyl groups is 1. The number of ether oxygens (including phenoxy) is 1. The van der Waals surface area contributed by atoms with Crippen molar-refractivity contribution < 1.29 is 24.5 Å². The van der Waals surface area contributed by atoms with Gasteiger partial charge in [0, 0.05) is 11.5 Å². The fourth-order valence-electron chi connectivity index (χ4n) is 12.1. The molecule has 0 bridgehead atoms. The Morgan fingerprint density at radius 2 is 1.64 bits per heavy atom. The molecule has 240 valence electrons. The van der Waals surface area contributed by atoms with Crippen LogP contribution in [0.2, 0.25) is 0 Å². The second-order valence-corrected chi connectivity index (χ2v) is 16.8. The number of hydrogen-bond acceptors (Lipinski definition) is 4. The first-order chi connectivity index (χ1) is 20.6. The highest BCUT2D eigenvalue weighted by Gasteiger charge is 2.70. The molecule has 0 spiro atoms. The van der Waals surface area contributed by atoms with Gasteiger partial charge in [-0.15, -0.1) is 0 Å². The van der Waals surface area contributed by atoms with Gasteiger partial charge in [0.1, 0.15) is 6.10 Å². The van der Waals surface area contributed by atoms with Crippen LogP contribution in [0.4, 0.5) is 0 Å². The summed E-state index contributed by atoms with van der Waals surface area (Å²) in [5.41, 5.74) is 1.13. The van der Waals surface area contributed by atoms with Crippen LogP contribution in [0.5, 0.6) is 0 Å². The van der Waals surface area contributed by atoms with Gasteiger partial charge in [-0.25, -0.2) is 4.79 Å². The number of aliphatic hydroxyl groups excluding tert-OH is 1. The Balaban J connectivity index is 1.31. The summed E-state index contributed by atoms with van der Waals surface area (Å²) in [6.07, 6.45) is 11.5. The molecule has 0 aromatic heterocycles. The van der Waals surface area contributed by atoms with Crippen molar-refractivity contribution in [1.29, 1.82) is 0 Å². The molecule has 0 saturated heterocycles. The molecule has 11 atom stereocenters. The fraction of sp³-hybridized carbons (Fsp3) is 0.692. The Morgan fingerprint density at radius 1 is 0.932 bits per heavy atom. The molecule has 44 heavy (non-hydrogen) atoms. The van der Waals surface area contributed by atoms with Gasteiger partial charge in [-0.1, -0.05) is 90.4 Å². The third-order valence-corrected chi connectivity index (χ3v) is 14.8. The van der Waals surface area contributed by atoms with Gasteiger partial charge in [-0.05, 0) is 109 Å². The molecule has 0 heterocycles. The van der Waals surface area contributed by atoms with Gasteiger partial charge in [0.25, 0.3) is 0 Å². The minimum Gasteiger partial charge on any atom is -0.481 e. The Kier molecular flexibility index (Phi) is 7.59. The van der Waals surface area contributed by atoms with Gasteiger partial charge in [-0.3, -0.25) is 4.79 Å². The zero-order valence-corrected chi connectivity index (χ0v) is 27.9. The van der Waals surface area contributed by atoms with E-state index in [0.29, 0.717) is 30.1 Å². The van der Waals surface area contributed by atoms with Crippen LogP contribution >= 0.6 is 0 Å². The molecule has 6 rings (SSSR count). The van der Waals surface area contributed by atoms with Gasteiger partial charge >= 0.3 is 11.9 Å². The normalized spacial score (nSPS) is 46.1. The molecule has 1 aromatic carbocycles. The van der Waals surface area contributed by atoms with Crippen molar-refractivity contribution in [2.24, 2.45) is 56.7 Å². The first kappa shape index (κ1) is 31.6. The molecule has 0 amide bonds. The minimum atomic E-state index is -0.744. The lowest BCUT2D eigenvalue weighted by atomic mass is 9.33. The number of esters is 1. The first-order valence-corrected chi connectivity index (χ1v) is 17.2. The standard InChI is InChI=1S/C39H54O5/c1-24-17-20-39(34(42)43)22-21-37(6)27(32(39)25(24)2)14-15-30-36(5)23-28(40)33(35(3,4)29(36)18-19-38(30,37)7)44-31(41)16-13-26-11-9-8-10-12-26/h8-14,16,24-25,28-30,32-33,40H,15,17-23H2,1-7H3,(H,42,43)/t24-,25+,28-,29+,30-,32+,33+,36+,37-,38-,39+/m1/s1. The summed E-state index contributed by atoms with van der Waals surface area (Å²) in [5, 5.41) is 22.4. The summed E-state index contributed by atoms with van der Waals surface area (Å²) in [7, 11) is 0. The predicted molar refractivity (Wildman–Crippen MR) is 173 cm³/mol. The number of carbonyl (C=O) groups is 2. The van der Waals surface area contributed by atoms with Crippen LogP contribution < -0.4 is 0 Å². The fourth-order valence-corrected chi connectivity index (χ4v) is 12.1. The van der Waals surface area contributed by atoms with Crippen LogP contribution in [0.1, 0.15) is 105 Å². The van der Waals surface area contributed by atoms with Crippen molar-refractivity contribution >= 4 is 18.0 Å². The van der Waals surface area contributed by atoms with E-state index in [2.05, 4.69) is 54.5 Å². The van der Waals surface area contributed by atoms with Gasteiger partial charge in [0.15, 0.2) is 0 Å². The lowest BCUT2D eigenvalue weighted by Crippen LogP contribution is -2.67. The molecule has 5 nitrogen and oxygen atoms in total.